The van der Waals surface area contributed by atoms with Crippen LogP contribution in [0.3, 0.4) is 0 Å². The van der Waals surface area contributed by atoms with Gasteiger partial charge in [0.2, 0.25) is 0 Å². The Morgan fingerprint density at radius 3 is 2.58 bits per heavy atom. The monoisotopic (exact) mass is 328 g/mol. The van der Waals surface area contributed by atoms with E-state index < -0.39 is 0 Å². The maximum absolute atomic E-state index is 11.5. The molecule has 5 heteroatoms. The second-order valence-corrected chi connectivity index (χ2v) is 4.89. The summed E-state index contributed by atoms with van der Waals surface area (Å²) in [4.78, 5) is 22.7. The summed E-state index contributed by atoms with van der Waals surface area (Å²) in [5.41, 5.74) is 1.83. The lowest BCUT2D eigenvalue weighted by Gasteiger charge is -2.09. The molecule has 0 aliphatic heterocycles. The van der Waals surface area contributed by atoms with Gasteiger partial charge in [-0.2, -0.15) is 0 Å². The molecular weight excluding hydrogens is 312 g/mol. The Morgan fingerprint density at radius 1 is 1.21 bits per heavy atom. The molecule has 0 radical (unpaired) electrons. The van der Waals surface area contributed by atoms with Gasteiger partial charge in [-0.15, -0.1) is 0 Å². The van der Waals surface area contributed by atoms with E-state index in [4.69, 9.17) is 4.74 Å². The predicted octanol–water partition coefficient (Wildman–Crippen LogP) is 2.66. The van der Waals surface area contributed by atoms with Gasteiger partial charge in [-0.1, -0.05) is 22.0 Å². The smallest absolute Gasteiger partial charge is 0.310 e. The van der Waals surface area contributed by atoms with E-state index in [0.717, 1.165) is 15.6 Å². The third kappa shape index (κ3) is 5.42. The molecular formula is C14H17BrO4. The zero-order valence-corrected chi connectivity index (χ0v) is 12.7. The van der Waals surface area contributed by atoms with Crippen molar-refractivity contribution in [2.24, 2.45) is 0 Å². The zero-order valence-electron chi connectivity index (χ0n) is 11.1. The standard InChI is InChI=1S/C14H17BrO4/c1-3-19-14(17)9-11-4-6-12(15)8-10(11)5-7-13(16)18-2/h4,6,8H,3,5,7,9H2,1-2H3. The molecule has 0 aromatic heterocycles. The number of carbonyl (C=O) groups is 2. The zero-order chi connectivity index (χ0) is 14.3. The Hall–Kier alpha value is -1.36. The van der Waals surface area contributed by atoms with Gasteiger partial charge < -0.3 is 9.47 Å². The van der Waals surface area contributed by atoms with Gasteiger partial charge >= 0.3 is 11.9 Å². The van der Waals surface area contributed by atoms with Gasteiger partial charge in [-0.3, -0.25) is 9.59 Å². The Labute approximate surface area is 121 Å². The average molecular weight is 329 g/mol. The van der Waals surface area contributed by atoms with Crippen LogP contribution in [0.15, 0.2) is 22.7 Å². The Morgan fingerprint density at radius 2 is 1.95 bits per heavy atom. The van der Waals surface area contributed by atoms with Crippen molar-refractivity contribution in [2.45, 2.75) is 26.2 Å². The van der Waals surface area contributed by atoms with Crippen LogP contribution < -0.4 is 0 Å². The van der Waals surface area contributed by atoms with E-state index in [1.165, 1.54) is 7.11 Å². The van der Waals surface area contributed by atoms with Crippen LogP contribution in [-0.2, 0) is 31.9 Å². The summed E-state index contributed by atoms with van der Waals surface area (Å²) in [7, 11) is 1.36. The minimum Gasteiger partial charge on any atom is -0.469 e. The molecule has 0 amide bonds. The second kappa shape index (κ2) is 7.94. The highest BCUT2D eigenvalue weighted by Crippen LogP contribution is 2.19. The van der Waals surface area contributed by atoms with Gasteiger partial charge in [0, 0.05) is 10.9 Å². The summed E-state index contributed by atoms with van der Waals surface area (Å²) < 4.78 is 10.5. The number of rotatable bonds is 6. The number of esters is 2. The van der Waals surface area contributed by atoms with Crippen LogP contribution >= 0.6 is 15.9 Å². The summed E-state index contributed by atoms with van der Waals surface area (Å²) in [5, 5.41) is 0. The number of halogens is 1. The van der Waals surface area contributed by atoms with Gasteiger partial charge in [0.05, 0.1) is 20.1 Å². The Balaban J connectivity index is 2.79. The molecule has 104 valence electrons. The molecule has 1 aromatic carbocycles. The van der Waals surface area contributed by atoms with E-state index in [1.807, 2.05) is 18.2 Å². The number of hydrogen-bond acceptors (Lipinski definition) is 4. The lowest BCUT2D eigenvalue weighted by atomic mass is 10.0. The average Bonchev–Trinajstić information content (AvgIpc) is 2.38. The summed E-state index contributed by atoms with van der Waals surface area (Å²) in [6.07, 6.45) is 1.06. The maximum Gasteiger partial charge on any atom is 0.310 e. The van der Waals surface area contributed by atoms with Crippen molar-refractivity contribution in [1.29, 1.82) is 0 Å². The first kappa shape index (κ1) is 15.7. The largest absolute Gasteiger partial charge is 0.469 e. The van der Waals surface area contributed by atoms with Gasteiger partial charge in [0.15, 0.2) is 0 Å². The molecule has 0 bridgehead atoms. The lowest BCUT2D eigenvalue weighted by molar-refractivity contribution is -0.142. The SMILES string of the molecule is CCOC(=O)Cc1ccc(Br)cc1CCC(=O)OC. The number of hydrogen-bond donors (Lipinski definition) is 0. The van der Waals surface area contributed by atoms with Crippen LogP contribution in [0, 0.1) is 0 Å². The summed E-state index contributed by atoms with van der Waals surface area (Å²) in [5.74, 6) is -0.522. The molecule has 0 saturated heterocycles. The number of carbonyl (C=O) groups excluding carboxylic acids is 2. The van der Waals surface area contributed by atoms with E-state index in [9.17, 15) is 9.59 Å². The van der Waals surface area contributed by atoms with Crippen LogP contribution in [0.1, 0.15) is 24.5 Å². The molecule has 1 rings (SSSR count). The van der Waals surface area contributed by atoms with Crippen LogP contribution in [0.5, 0.6) is 0 Å². The molecule has 1 aromatic rings. The third-order valence-electron chi connectivity index (χ3n) is 2.63. The minimum atomic E-state index is -0.262. The van der Waals surface area contributed by atoms with Gasteiger partial charge in [0.1, 0.15) is 0 Å². The molecule has 0 unspecified atom stereocenters. The highest BCUT2D eigenvalue weighted by atomic mass is 79.9. The minimum absolute atomic E-state index is 0.220. The van der Waals surface area contributed by atoms with Crippen molar-refractivity contribution in [3.8, 4) is 0 Å². The normalized spacial score (nSPS) is 10.1. The first-order valence-electron chi connectivity index (χ1n) is 6.06. The predicted molar refractivity (Wildman–Crippen MR) is 74.8 cm³/mol. The van der Waals surface area contributed by atoms with E-state index in [-0.39, 0.29) is 18.4 Å². The molecule has 0 spiro atoms. The summed E-state index contributed by atoms with van der Waals surface area (Å²) in [6.45, 7) is 2.14. The van der Waals surface area contributed by atoms with Gasteiger partial charge in [-0.05, 0) is 36.6 Å². The first-order valence-corrected chi connectivity index (χ1v) is 6.85. The van der Waals surface area contributed by atoms with Gasteiger partial charge in [0.25, 0.3) is 0 Å². The highest BCUT2D eigenvalue weighted by Gasteiger charge is 2.11. The lowest BCUT2D eigenvalue weighted by Crippen LogP contribution is -2.10. The summed E-state index contributed by atoms with van der Waals surface area (Å²) in [6, 6.07) is 5.65. The van der Waals surface area contributed by atoms with E-state index in [1.54, 1.807) is 6.92 Å². The maximum atomic E-state index is 11.5. The van der Waals surface area contributed by atoms with Crippen molar-refractivity contribution < 1.29 is 19.1 Å². The number of ether oxygens (including phenoxy) is 2. The van der Waals surface area contributed by atoms with E-state index >= 15 is 0 Å². The molecule has 19 heavy (non-hydrogen) atoms. The number of aryl methyl sites for hydroxylation is 1. The summed E-state index contributed by atoms with van der Waals surface area (Å²) >= 11 is 3.39. The molecule has 0 N–H and O–H groups in total. The van der Waals surface area contributed by atoms with Crippen LogP contribution in [0.4, 0.5) is 0 Å². The molecule has 0 aliphatic rings. The Kier molecular flexibility index (Phi) is 6.56. The fraction of sp³-hybridized carbons (Fsp3) is 0.429. The van der Waals surface area contributed by atoms with Crippen molar-refractivity contribution in [3.05, 3.63) is 33.8 Å². The molecule has 4 nitrogen and oxygen atoms in total. The molecule has 0 aliphatic carbocycles. The fourth-order valence-electron chi connectivity index (χ4n) is 1.71. The fourth-order valence-corrected chi connectivity index (χ4v) is 2.11. The van der Waals surface area contributed by atoms with Crippen LogP contribution in [-0.4, -0.2) is 25.7 Å². The Bertz CT molecular complexity index is 457. The van der Waals surface area contributed by atoms with E-state index in [2.05, 4.69) is 20.7 Å². The third-order valence-corrected chi connectivity index (χ3v) is 3.13. The van der Waals surface area contributed by atoms with Crippen LogP contribution in [0.25, 0.3) is 0 Å². The molecule has 0 fully saturated rings. The van der Waals surface area contributed by atoms with Crippen molar-refractivity contribution >= 4 is 27.9 Å². The highest BCUT2D eigenvalue weighted by molar-refractivity contribution is 9.10. The topological polar surface area (TPSA) is 52.6 Å². The van der Waals surface area contributed by atoms with E-state index in [0.29, 0.717) is 19.4 Å². The molecule has 0 atom stereocenters. The second-order valence-electron chi connectivity index (χ2n) is 3.97. The number of benzene rings is 1. The molecule has 0 heterocycles. The molecule has 0 saturated carbocycles. The van der Waals surface area contributed by atoms with Crippen molar-refractivity contribution in [3.63, 3.8) is 0 Å². The quantitative estimate of drug-likeness (QED) is 0.753. The van der Waals surface area contributed by atoms with Crippen LogP contribution in [0.2, 0.25) is 0 Å². The first-order chi connectivity index (χ1) is 9.06. The van der Waals surface area contributed by atoms with Gasteiger partial charge in [-0.25, -0.2) is 0 Å². The van der Waals surface area contributed by atoms with Crippen molar-refractivity contribution in [2.75, 3.05) is 13.7 Å². The van der Waals surface area contributed by atoms with Crippen molar-refractivity contribution in [1.82, 2.24) is 0 Å². The number of methoxy groups -OCH3 is 1.